The van der Waals surface area contributed by atoms with Gasteiger partial charge in [-0.3, -0.25) is 4.79 Å². The van der Waals surface area contributed by atoms with Gasteiger partial charge in [0.25, 0.3) is 0 Å². The average molecular weight is 424 g/mol. The third-order valence-corrected chi connectivity index (χ3v) is 5.37. The molecule has 0 unspecified atom stereocenters. The fourth-order valence-corrected chi connectivity index (χ4v) is 3.69. The molecule has 4 rings (SSSR count). The number of urea groups is 1. The zero-order valence-electron chi connectivity index (χ0n) is 17.8. The van der Waals surface area contributed by atoms with Gasteiger partial charge >= 0.3 is 6.03 Å². The minimum atomic E-state index is -0.836. The van der Waals surface area contributed by atoms with Crippen molar-refractivity contribution in [3.05, 3.63) is 114 Å². The standard InChI is InChI=1S/C27H25N3O2/c1-19(20-11-4-2-5-12-20)28-26(31)25(22-14-6-3-7-15-22)30-27(32)29-24-18-10-16-21-13-8-9-17-23(21)24/h2-19,25H,1H3,(H,28,31)(H2,29,30,32)/t19-,25-/m1/s1. The molecule has 0 fully saturated rings. The zero-order valence-corrected chi connectivity index (χ0v) is 17.8. The van der Waals surface area contributed by atoms with Crippen LogP contribution in [0.4, 0.5) is 10.5 Å². The number of hydrogen-bond donors (Lipinski definition) is 3. The number of carbonyl (C=O) groups excluding carboxylic acids is 2. The van der Waals surface area contributed by atoms with E-state index in [1.807, 2.05) is 110 Å². The van der Waals surface area contributed by atoms with Gasteiger partial charge in [0.2, 0.25) is 5.91 Å². The van der Waals surface area contributed by atoms with Gasteiger partial charge in [-0.05, 0) is 29.5 Å². The summed E-state index contributed by atoms with van der Waals surface area (Å²) in [6.45, 7) is 1.92. The van der Waals surface area contributed by atoms with Crippen LogP contribution in [0.25, 0.3) is 10.8 Å². The van der Waals surface area contributed by atoms with Gasteiger partial charge in [0.15, 0.2) is 0 Å². The molecule has 0 aliphatic carbocycles. The second kappa shape index (κ2) is 9.79. The van der Waals surface area contributed by atoms with Crippen LogP contribution in [0.15, 0.2) is 103 Å². The number of fused-ring (bicyclic) bond motifs is 1. The molecule has 0 saturated carbocycles. The van der Waals surface area contributed by atoms with Gasteiger partial charge in [-0.25, -0.2) is 4.79 Å². The molecule has 0 aliphatic rings. The van der Waals surface area contributed by atoms with Gasteiger partial charge < -0.3 is 16.0 Å². The minimum absolute atomic E-state index is 0.196. The fourth-order valence-electron chi connectivity index (χ4n) is 3.69. The summed E-state index contributed by atoms with van der Waals surface area (Å²) in [6.07, 6.45) is 0. The van der Waals surface area contributed by atoms with Gasteiger partial charge in [0, 0.05) is 5.39 Å². The summed E-state index contributed by atoms with van der Waals surface area (Å²) in [6, 6.07) is 31.0. The topological polar surface area (TPSA) is 70.2 Å². The van der Waals surface area contributed by atoms with Crippen LogP contribution in [-0.2, 0) is 4.79 Å². The van der Waals surface area contributed by atoms with Crippen LogP contribution < -0.4 is 16.0 Å². The molecule has 0 aliphatic heterocycles. The Hall–Kier alpha value is -4.12. The molecule has 0 spiro atoms. The van der Waals surface area contributed by atoms with Crippen molar-refractivity contribution in [2.45, 2.75) is 19.0 Å². The molecule has 0 saturated heterocycles. The highest BCUT2D eigenvalue weighted by atomic mass is 16.2. The number of benzene rings is 4. The Morgan fingerprint density at radius 3 is 1.97 bits per heavy atom. The number of nitrogens with one attached hydrogen (secondary N) is 3. The molecule has 32 heavy (non-hydrogen) atoms. The summed E-state index contributed by atoms with van der Waals surface area (Å²) in [5.41, 5.74) is 2.39. The molecule has 160 valence electrons. The van der Waals surface area contributed by atoms with Crippen molar-refractivity contribution in [3.63, 3.8) is 0 Å². The van der Waals surface area contributed by atoms with E-state index in [1.165, 1.54) is 0 Å². The predicted octanol–water partition coefficient (Wildman–Crippen LogP) is 5.58. The molecule has 4 aromatic rings. The summed E-state index contributed by atoms with van der Waals surface area (Å²) in [7, 11) is 0. The Kier molecular flexibility index (Phi) is 6.46. The maximum absolute atomic E-state index is 13.2. The van der Waals surface area contributed by atoms with Crippen LogP contribution in [0.2, 0.25) is 0 Å². The Labute approximate surface area is 187 Å². The minimum Gasteiger partial charge on any atom is -0.347 e. The lowest BCUT2D eigenvalue weighted by Crippen LogP contribution is -2.42. The second-order valence-corrected chi connectivity index (χ2v) is 7.61. The smallest absolute Gasteiger partial charge is 0.320 e. The van der Waals surface area contributed by atoms with E-state index in [-0.39, 0.29) is 11.9 Å². The lowest BCUT2D eigenvalue weighted by atomic mass is 10.0. The Bertz CT molecular complexity index is 1200. The monoisotopic (exact) mass is 423 g/mol. The molecule has 0 radical (unpaired) electrons. The second-order valence-electron chi connectivity index (χ2n) is 7.61. The number of anilines is 1. The van der Waals surface area contributed by atoms with Crippen LogP contribution in [-0.4, -0.2) is 11.9 Å². The SMILES string of the molecule is C[C@@H](NC(=O)[C@H](NC(=O)Nc1cccc2ccccc12)c1ccccc1)c1ccccc1. The van der Waals surface area contributed by atoms with E-state index in [0.717, 1.165) is 16.3 Å². The highest BCUT2D eigenvalue weighted by Crippen LogP contribution is 2.23. The van der Waals surface area contributed by atoms with E-state index in [2.05, 4.69) is 16.0 Å². The summed E-state index contributed by atoms with van der Waals surface area (Å²) in [4.78, 5) is 26.1. The van der Waals surface area contributed by atoms with E-state index >= 15 is 0 Å². The van der Waals surface area contributed by atoms with Gasteiger partial charge in [0.05, 0.1) is 11.7 Å². The highest BCUT2D eigenvalue weighted by molar-refractivity contribution is 6.02. The first-order chi connectivity index (χ1) is 15.6. The molecular weight excluding hydrogens is 398 g/mol. The molecular formula is C27H25N3O2. The van der Waals surface area contributed by atoms with Gasteiger partial charge in [-0.2, -0.15) is 0 Å². The van der Waals surface area contributed by atoms with Crippen molar-refractivity contribution < 1.29 is 9.59 Å². The Morgan fingerprint density at radius 1 is 0.656 bits per heavy atom. The summed E-state index contributed by atoms with van der Waals surface area (Å²) in [5.74, 6) is -0.277. The summed E-state index contributed by atoms with van der Waals surface area (Å²) in [5, 5.41) is 10.7. The van der Waals surface area contributed by atoms with E-state index in [4.69, 9.17) is 0 Å². The van der Waals surface area contributed by atoms with Crippen LogP contribution in [0, 0.1) is 0 Å². The highest BCUT2D eigenvalue weighted by Gasteiger charge is 2.24. The molecule has 5 heteroatoms. The van der Waals surface area contributed by atoms with Crippen molar-refractivity contribution in [1.82, 2.24) is 10.6 Å². The first kappa shape index (κ1) is 21.1. The van der Waals surface area contributed by atoms with Crippen molar-refractivity contribution in [2.75, 3.05) is 5.32 Å². The zero-order chi connectivity index (χ0) is 22.3. The van der Waals surface area contributed by atoms with Crippen molar-refractivity contribution >= 4 is 28.4 Å². The predicted molar refractivity (Wildman–Crippen MR) is 128 cm³/mol. The number of rotatable bonds is 6. The van der Waals surface area contributed by atoms with E-state index in [1.54, 1.807) is 0 Å². The largest absolute Gasteiger partial charge is 0.347 e. The van der Waals surface area contributed by atoms with Gasteiger partial charge in [-0.15, -0.1) is 0 Å². The quantitative estimate of drug-likeness (QED) is 0.379. The van der Waals surface area contributed by atoms with Crippen molar-refractivity contribution in [1.29, 1.82) is 0 Å². The molecule has 5 nitrogen and oxygen atoms in total. The van der Waals surface area contributed by atoms with E-state index in [9.17, 15) is 9.59 Å². The molecule has 3 amide bonds. The Balaban J connectivity index is 1.53. The number of hydrogen-bond acceptors (Lipinski definition) is 2. The lowest BCUT2D eigenvalue weighted by Gasteiger charge is -2.22. The molecule has 0 aromatic heterocycles. The van der Waals surface area contributed by atoms with E-state index < -0.39 is 12.1 Å². The van der Waals surface area contributed by atoms with Crippen LogP contribution in [0.5, 0.6) is 0 Å². The summed E-state index contributed by atoms with van der Waals surface area (Å²) < 4.78 is 0. The van der Waals surface area contributed by atoms with Crippen LogP contribution in [0.3, 0.4) is 0 Å². The normalized spacial score (nSPS) is 12.5. The summed E-state index contributed by atoms with van der Waals surface area (Å²) >= 11 is 0. The molecule has 2 atom stereocenters. The maximum atomic E-state index is 13.2. The van der Waals surface area contributed by atoms with Crippen LogP contribution >= 0.6 is 0 Å². The van der Waals surface area contributed by atoms with Crippen molar-refractivity contribution in [2.24, 2.45) is 0 Å². The van der Waals surface area contributed by atoms with E-state index in [0.29, 0.717) is 11.3 Å². The number of carbonyl (C=O) groups is 2. The first-order valence-electron chi connectivity index (χ1n) is 10.6. The maximum Gasteiger partial charge on any atom is 0.320 e. The fraction of sp³-hybridized carbons (Fsp3) is 0.111. The molecule has 3 N–H and O–H groups in total. The average Bonchev–Trinajstić information content (AvgIpc) is 2.84. The molecule has 0 heterocycles. The Morgan fingerprint density at radius 2 is 1.25 bits per heavy atom. The van der Waals surface area contributed by atoms with Crippen molar-refractivity contribution in [3.8, 4) is 0 Å². The third kappa shape index (κ3) is 4.95. The molecule has 0 bridgehead atoms. The van der Waals surface area contributed by atoms with Gasteiger partial charge in [-0.1, -0.05) is 97.1 Å². The third-order valence-electron chi connectivity index (χ3n) is 5.37. The van der Waals surface area contributed by atoms with Gasteiger partial charge in [0.1, 0.15) is 6.04 Å². The molecule has 4 aromatic carbocycles. The lowest BCUT2D eigenvalue weighted by molar-refractivity contribution is -0.123. The number of amides is 3. The van der Waals surface area contributed by atoms with Crippen LogP contribution in [0.1, 0.15) is 30.1 Å². The first-order valence-corrected chi connectivity index (χ1v) is 10.6.